The van der Waals surface area contributed by atoms with E-state index in [1.165, 1.54) is 7.11 Å². The molecule has 0 unspecified atom stereocenters. The predicted octanol–water partition coefficient (Wildman–Crippen LogP) is 4.23. The van der Waals surface area contributed by atoms with Gasteiger partial charge in [-0.1, -0.05) is 12.1 Å². The number of hydrogen-bond donors (Lipinski definition) is 1. The molecule has 3 aromatic rings. The molecule has 7 heteroatoms. The predicted molar refractivity (Wildman–Crippen MR) is 119 cm³/mol. The van der Waals surface area contributed by atoms with Crippen molar-refractivity contribution in [3.05, 3.63) is 58.3 Å². The lowest BCUT2D eigenvalue weighted by atomic mass is 10.0. The van der Waals surface area contributed by atoms with Crippen molar-refractivity contribution in [3.8, 4) is 0 Å². The van der Waals surface area contributed by atoms with Crippen LogP contribution in [0.5, 0.6) is 0 Å². The van der Waals surface area contributed by atoms with Gasteiger partial charge in [0.25, 0.3) is 5.91 Å². The molecule has 1 saturated heterocycles. The molecule has 0 bridgehead atoms. The fourth-order valence-electron chi connectivity index (χ4n) is 4.01. The highest BCUT2D eigenvalue weighted by Gasteiger charge is 2.23. The lowest BCUT2D eigenvalue weighted by Crippen LogP contribution is -2.36. The Kier molecular flexibility index (Phi) is 5.69. The summed E-state index contributed by atoms with van der Waals surface area (Å²) in [5.74, 6) is -0.685. The lowest BCUT2D eigenvalue weighted by Gasteiger charge is -2.29. The number of anilines is 2. The molecule has 4 rings (SSSR count). The largest absolute Gasteiger partial charge is 0.465 e. The average Bonchev–Trinajstić information content (AvgIpc) is 3.15. The van der Waals surface area contributed by atoms with Crippen LogP contribution in [-0.2, 0) is 9.47 Å². The molecule has 1 N–H and O–H groups in total. The number of furan rings is 1. The van der Waals surface area contributed by atoms with Crippen LogP contribution in [0.2, 0.25) is 0 Å². The zero-order valence-electron chi connectivity index (χ0n) is 18.2. The third-order valence-corrected chi connectivity index (χ3v) is 5.72. The minimum Gasteiger partial charge on any atom is -0.465 e. The molecule has 7 nitrogen and oxygen atoms in total. The van der Waals surface area contributed by atoms with E-state index in [0.29, 0.717) is 30.0 Å². The number of amides is 1. The Labute approximate surface area is 180 Å². The number of rotatable bonds is 4. The van der Waals surface area contributed by atoms with E-state index in [1.54, 1.807) is 12.1 Å². The van der Waals surface area contributed by atoms with Crippen LogP contribution in [0.15, 0.2) is 34.7 Å². The van der Waals surface area contributed by atoms with Crippen molar-refractivity contribution in [2.75, 3.05) is 43.6 Å². The monoisotopic (exact) mass is 422 g/mol. The maximum absolute atomic E-state index is 13.1. The lowest BCUT2D eigenvalue weighted by molar-refractivity contribution is 0.0602. The standard InChI is InChI=1S/C24H26N2O5/c1-14-5-6-15(2)21-20(14)16(3)22(31-21)23(27)25-19-8-7-17(13-18(19)24(28)29-4)26-9-11-30-12-10-26/h5-8,13H,9-12H2,1-4H3,(H,25,27). The summed E-state index contributed by atoms with van der Waals surface area (Å²) >= 11 is 0. The van der Waals surface area contributed by atoms with Crippen LogP contribution in [0.3, 0.4) is 0 Å². The van der Waals surface area contributed by atoms with E-state index in [2.05, 4.69) is 10.2 Å². The normalized spacial score (nSPS) is 14.0. The number of carbonyl (C=O) groups excluding carboxylic acids is 2. The van der Waals surface area contributed by atoms with Crippen molar-refractivity contribution in [1.82, 2.24) is 0 Å². The molecular formula is C24H26N2O5. The van der Waals surface area contributed by atoms with Gasteiger partial charge < -0.3 is 24.1 Å². The first-order valence-electron chi connectivity index (χ1n) is 10.3. The van der Waals surface area contributed by atoms with Gasteiger partial charge in [-0.3, -0.25) is 4.79 Å². The SMILES string of the molecule is COC(=O)c1cc(N2CCOCC2)ccc1NC(=O)c1oc2c(C)ccc(C)c2c1C. The van der Waals surface area contributed by atoms with Crippen LogP contribution in [-0.4, -0.2) is 45.3 Å². The Morgan fingerprint density at radius 2 is 1.74 bits per heavy atom. The summed E-state index contributed by atoms with van der Waals surface area (Å²) in [6.07, 6.45) is 0. The van der Waals surface area contributed by atoms with Gasteiger partial charge in [-0.15, -0.1) is 0 Å². The van der Waals surface area contributed by atoms with E-state index >= 15 is 0 Å². The van der Waals surface area contributed by atoms with Crippen molar-refractivity contribution < 1.29 is 23.5 Å². The Bertz CT molecular complexity index is 1160. The topological polar surface area (TPSA) is 81.0 Å². The van der Waals surface area contributed by atoms with E-state index in [0.717, 1.165) is 40.9 Å². The number of fused-ring (bicyclic) bond motifs is 1. The molecule has 1 amide bonds. The van der Waals surface area contributed by atoms with Gasteiger partial charge in [0.05, 0.1) is 31.6 Å². The van der Waals surface area contributed by atoms with Gasteiger partial charge in [-0.2, -0.15) is 0 Å². The van der Waals surface area contributed by atoms with E-state index in [-0.39, 0.29) is 5.76 Å². The van der Waals surface area contributed by atoms with Gasteiger partial charge >= 0.3 is 5.97 Å². The first-order valence-corrected chi connectivity index (χ1v) is 10.3. The summed E-state index contributed by atoms with van der Waals surface area (Å²) in [5.41, 5.74) is 5.05. The molecule has 1 fully saturated rings. The van der Waals surface area contributed by atoms with Crippen LogP contribution in [0, 0.1) is 20.8 Å². The molecule has 1 aromatic heterocycles. The molecule has 1 aliphatic rings. The van der Waals surface area contributed by atoms with Crippen molar-refractivity contribution in [3.63, 3.8) is 0 Å². The molecule has 0 atom stereocenters. The fraction of sp³-hybridized carbons (Fsp3) is 0.333. The number of nitrogens with zero attached hydrogens (tertiary/aromatic N) is 1. The molecule has 0 aliphatic carbocycles. The molecule has 31 heavy (non-hydrogen) atoms. The van der Waals surface area contributed by atoms with Gasteiger partial charge in [0, 0.05) is 29.7 Å². The summed E-state index contributed by atoms with van der Waals surface area (Å²) in [5, 5.41) is 3.78. The van der Waals surface area contributed by atoms with Crippen LogP contribution >= 0.6 is 0 Å². The number of methoxy groups -OCH3 is 1. The number of morpholine rings is 1. The van der Waals surface area contributed by atoms with Gasteiger partial charge in [0.1, 0.15) is 5.58 Å². The molecule has 162 valence electrons. The number of benzene rings is 2. The Hall–Kier alpha value is -3.32. The molecule has 0 spiro atoms. The first kappa shape index (κ1) is 20.9. The minimum absolute atomic E-state index is 0.237. The number of aryl methyl sites for hydroxylation is 3. The van der Waals surface area contributed by atoms with Crippen molar-refractivity contribution >= 4 is 34.2 Å². The molecule has 1 aliphatic heterocycles. The van der Waals surface area contributed by atoms with E-state index in [4.69, 9.17) is 13.9 Å². The Morgan fingerprint density at radius 1 is 1.03 bits per heavy atom. The Balaban J connectivity index is 1.68. The quantitative estimate of drug-likeness (QED) is 0.634. The second kappa shape index (κ2) is 8.43. The highest BCUT2D eigenvalue weighted by atomic mass is 16.5. The smallest absolute Gasteiger partial charge is 0.340 e. The number of esters is 1. The summed E-state index contributed by atoms with van der Waals surface area (Å²) in [6, 6.07) is 9.34. The first-order chi connectivity index (χ1) is 14.9. The zero-order valence-corrected chi connectivity index (χ0v) is 18.2. The fourth-order valence-corrected chi connectivity index (χ4v) is 4.01. The third kappa shape index (κ3) is 3.88. The van der Waals surface area contributed by atoms with Crippen molar-refractivity contribution in [2.45, 2.75) is 20.8 Å². The summed E-state index contributed by atoms with van der Waals surface area (Å²) in [6.45, 7) is 8.56. The van der Waals surface area contributed by atoms with Crippen LogP contribution in [0.1, 0.15) is 37.6 Å². The molecule has 0 radical (unpaired) electrons. The van der Waals surface area contributed by atoms with Crippen LogP contribution in [0.4, 0.5) is 11.4 Å². The van der Waals surface area contributed by atoms with Crippen LogP contribution in [0.25, 0.3) is 11.0 Å². The number of hydrogen-bond acceptors (Lipinski definition) is 6. The number of ether oxygens (including phenoxy) is 2. The van der Waals surface area contributed by atoms with Gasteiger partial charge in [0.15, 0.2) is 5.76 Å². The molecule has 2 heterocycles. The van der Waals surface area contributed by atoms with E-state index in [1.807, 2.05) is 39.0 Å². The van der Waals surface area contributed by atoms with E-state index < -0.39 is 11.9 Å². The molecule has 2 aromatic carbocycles. The molecular weight excluding hydrogens is 396 g/mol. The number of nitrogens with one attached hydrogen (secondary N) is 1. The maximum Gasteiger partial charge on any atom is 0.340 e. The summed E-state index contributed by atoms with van der Waals surface area (Å²) in [7, 11) is 1.32. The van der Waals surface area contributed by atoms with Crippen LogP contribution < -0.4 is 10.2 Å². The highest BCUT2D eigenvalue weighted by Crippen LogP contribution is 2.32. The second-order valence-corrected chi connectivity index (χ2v) is 7.73. The van der Waals surface area contributed by atoms with Crippen molar-refractivity contribution in [1.29, 1.82) is 0 Å². The van der Waals surface area contributed by atoms with Gasteiger partial charge in [0.2, 0.25) is 0 Å². The van der Waals surface area contributed by atoms with E-state index in [9.17, 15) is 9.59 Å². The second-order valence-electron chi connectivity index (χ2n) is 7.73. The Morgan fingerprint density at radius 3 is 2.42 bits per heavy atom. The maximum atomic E-state index is 13.1. The average molecular weight is 422 g/mol. The minimum atomic E-state index is -0.515. The van der Waals surface area contributed by atoms with Gasteiger partial charge in [-0.05, 0) is 50.1 Å². The van der Waals surface area contributed by atoms with Gasteiger partial charge in [-0.25, -0.2) is 4.79 Å². The highest BCUT2D eigenvalue weighted by molar-refractivity contribution is 6.10. The third-order valence-electron chi connectivity index (χ3n) is 5.72. The van der Waals surface area contributed by atoms with Crippen molar-refractivity contribution in [2.24, 2.45) is 0 Å². The summed E-state index contributed by atoms with van der Waals surface area (Å²) in [4.78, 5) is 27.7. The molecule has 0 saturated carbocycles. The summed E-state index contributed by atoms with van der Waals surface area (Å²) < 4.78 is 16.3. The number of carbonyl (C=O) groups is 2. The zero-order chi connectivity index (χ0) is 22.1.